The van der Waals surface area contributed by atoms with Gasteiger partial charge in [0.2, 0.25) is 0 Å². The summed E-state index contributed by atoms with van der Waals surface area (Å²) in [6, 6.07) is 0. The quantitative estimate of drug-likeness (QED) is 0.536. The molecule has 1 N–H and O–H groups in total. The van der Waals surface area contributed by atoms with Crippen LogP contribution in [0.2, 0.25) is 0 Å². The van der Waals surface area contributed by atoms with E-state index in [1.807, 2.05) is 0 Å². The second-order valence-electron chi connectivity index (χ2n) is 3.86. The maximum atomic E-state index is 11.2. The van der Waals surface area contributed by atoms with Gasteiger partial charge < -0.3 is 9.84 Å². The summed E-state index contributed by atoms with van der Waals surface area (Å²) in [5, 5.41) is 8.36. The molecule has 0 amide bonds. The number of aliphatic carboxylic acids is 1. The minimum atomic E-state index is -0.911. The van der Waals surface area contributed by atoms with Crippen LogP contribution in [0.4, 0.5) is 0 Å². The zero-order valence-electron chi connectivity index (χ0n) is 9.08. The van der Waals surface area contributed by atoms with Crippen molar-refractivity contribution in [2.45, 2.75) is 45.1 Å². The maximum Gasteiger partial charge on any atom is 0.306 e. The molecule has 0 rings (SSSR count). The molecule has 0 radical (unpaired) electrons. The summed E-state index contributed by atoms with van der Waals surface area (Å²) < 4.78 is 5.09. The van der Waals surface area contributed by atoms with Gasteiger partial charge in [-0.3, -0.25) is 9.59 Å². The molecule has 0 spiro atoms. The molecule has 0 heterocycles. The molecule has 0 saturated heterocycles. The van der Waals surface area contributed by atoms with Crippen LogP contribution in [0, 0.1) is 12.3 Å². The van der Waals surface area contributed by atoms with Crippen molar-refractivity contribution in [3.8, 4) is 12.3 Å². The topological polar surface area (TPSA) is 63.6 Å². The Hall–Kier alpha value is -1.50. The third-order valence-electron chi connectivity index (χ3n) is 1.69. The van der Waals surface area contributed by atoms with Crippen LogP contribution in [0.15, 0.2) is 0 Å². The molecule has 0 atom stereocenters. The van der Waals surface area contributed by atoms with Gasteiger partial charge >= 0.3 is 11.9 Å². The van der Waals surface area contributed by atoms with Gasteiger partial charge in [-0.2, -0.15) is 0 Å². The smallest absolute Gasteiger partial charge is 0.306 e. The number of carbonyl (C=O) groups is 2. The number of carbonyl (C=O) groups excluding carboxylic acids is 1. The van der Waals surface area contributed by atoms with Gasteiger partial charge in [-0.15, -0.1) is 12.3 Å². The first-order valence-electron chi connectivity index (χ1n) is 4.74. The number of ether oxygens (including phenoxy) is 1. The van der Waals surface area contributed by atoms with Crippen molar-refractivity contribution in [1.82, 2.24) is 0 Å². The van der Waals surface area contributed by atoms with E-state index in [2.05, 4.69) is 5.92 Å². The van der Waals surface area contributed by atoms with E-state index >= 15 is 0 Å². The van der Waals surface area contributed by atoms with E-state index in [-0.39, 0.29) is 12.8 Å². The molecule has 0 bridgehead atoms. The minimum absolute atomic E-state index is 0.0231. The number of carboxylic acid groups (broad SMARTS) is 1. The summed E-state index contributed by atoms with van der Waals surface area (Å²) in [6.45, 7) is 3.45. The number of rotatable bonds is 6. The monoisotopic (exact) mass is 212 g/mol. The highest BCUT2D eigenvalue weighted by atomic mass is 16.6. The van der Waals surface area contributed by atoms with Gasteiger partial charge in [-0.25, -0.2) is 0 Å². The lowest BCUT2D eigenvalue weighted by molar-refractivity contribution is -0.156. The number of terminal acetylenes is 1. The zero-order valence-corrected chi connectivity index (χ0v) is 9.08. The van der Waals surface area contributed by atoms with Crippen LogP contribution in [0.25, 0.3) is 0 Å². The van der Waals surface area contributed by atoms with E-state index in [1.165, 1.54) is 0 Å². The first-order chi connectivity index (χ1) is 6.87. The minimum Gasteiger partial charge on any atom is -0.481 e. The summed E-state index contributed by atoms with van der Waals surface area (Å²) in [6.07, 6.45) is 5.84. The molecule has 0 aromatic carbocycles. The molecule has 0 unspecified atom stereocenters. The van der Waals surface area contributed by atoms with Crippen molar-refractivity contribution in [2.75, 3.05) is 0 Å². The molecule has 0 aliphatic rings. The first kappa shape index (κ1) is 13.5. The SMILES string of the molecule is C#CCC(C)(C)OC(=O)CCCC(=O)O. The van der Waals surface area contributed by atoms with Gasteiger partial charge in [0.05, 0.1) is 0 Å². The second kappa shape index (κ2) is 6.07. The molecule has 0 aliphatic carbocycles. The molecular formula is C11H16O4. The average molecular weight is 212 g/mol. The van der Waals surface area contributed by atoms with Gasteiger partial charge in [0.25, 0.3) is 0 Å². The van der Waals surface area contributed by atoms with Gasteiger partial charge in [0.15, 0.2) is 0 Å². The largest absolute Gasteiger partial charge is 0.481 e. The van der Waals surface area contributed by atoms with Gasteiger partial charge in [0, 0.05) is 19.3 Å². The van der Waals surface area contributed by atoms with Crippen molar-refractivity contribution >= 4 is 11.9 Å². The van der Waals surface area contributed by atoms with Crippen molar-refractivity contribution in [3.63, 3.8) is 0 Å². The fourth-order valence-corrected chi connectivity index (χ4v) is 1.03. The van der Waals surface area contributed by atoms with Gasteiger partial charge in [-0.1, -0.05) is 0 Å². The number of hydrogen-bond acceptors (Lipinski definition) is 3. The summed E-state index contributed by atoms with van der Waals surface area (Å²) in [4.78, 5) is 21.4. The normalized spacial score (nSPS) is 10.5. The molecule has 4 nitrogen and oxygen atoms in total. The Morgan fingerprint density at radius 3 is 2.47 bits per heavy atom. The summed E-state index contributed by atoms with van der Waals surface area (Å²) in [5.74, 6) is 1.10. The van der Waals surface area contributed by atoms with Crippen LogP contribution in [-0.2, 0) is 14.3 Å². The van der Waals surface area contributed by atoms with E-state index < -0.39 is 17.5 Å². The van der Waals surface area contributed by atoms with Crippen molar-refractivity contribution < 1.29 is 19.4 Å². The third kappa shape index (κ3) is 7.56. The van der Waals surface area contributed by atoms with Crippen molar-refractivity contribution in [3.05, 3.63) is 0 Å². The van der Waals surface area contributed by atoms with E-state index in [1.54, 1.807) is 13.8 Å². The van der Waals surface area contributed by atoms with Crippen LogP contribution < -0.4 is 0 Å². The fraction of sp³-hybridized carbons (Fsp3) is 0.636. The lowest BCUT2D eigenvalue weighted by Gasteiger charge is -2.22. The molecule has 0 aliphatic heterocycles. The molecule has 0 fully saturated rings. The molecule has 84 valence electrons. The van der Waals surface area contributed by atoms with E-state index in [0.29, 0.717) is 12.8 Å². The highest BCUT2D eigenvalue weighted by Gasteiger charge is 2.21. The number of hydrogen-bond donors (Lipinski definition) is 1. The summed E-state index contributed by atoms with van der Waals surface area (Å²) in [7, 11) is 0. The maximum absolute atomic E-state index is 11.2. The predicted molar refractivity (Wildman–Crippen MR) is 55.1 cm³/mol. The Balaban J connectivity index is 3.84. The molecule has 15 heavy (non-hydrogen) atoms. The fourth-order valence-electron chi connectivity index (χ4n) is 1.03. The van der Waals surface area contributed by atoms with Gasteiger partial charge in [0.1, 0.15) is 5.60 Å². The summed E-state index contributed by atoms with van der Waals surface area (Å²) in [5.41, 5.74) is -0.672. The summed E-state index contributed by atoms with van der Waals surface area (Å²) >= 11 is 0. The lowest BCUT2D eigenvalue weighted by atomic mass is 10.1. The molecule has 0 aromatic rings. The predicted octanol–water partition coefficient (Wildman–Crippen LogP) is 1.59. The van der Waals surface area contributed by atoms with E-state index in [0.717, 1.165) is 0 Å². The first-order valence-corrected chi connectivity index (χ1v) is 4.74. The Morgan fingerprint density at radius 1 is 1.40 bits per heavy atom. The van der Waals surface area contributed by atoms with Crippen LogP contribution in [-0.4, -0.2) is 22.6 Å². The Bertz CT molecular complexity index is 273. The van der Waals surface area contributed by atoms with Crippen molar-refractivity contribution in [2.24, 2.45) is 0 Å². The Morgan fingerprint density at radius 2 is 2.00 bits per heavy atom. The molecule has 0 aromatic heterocycles. The standard InChI is InChI=1S/C11H16O4/c1-4-8-11(2,3)15-10(14)7-5-6-9(12)13/h1H,5-8H2,2-3H3,(H,12,13). The van der Waals surface area contributed by atoms with Gasteiger partial charge in [-0.05, 0) is 20.3 Å². The van der Waals surface area contributed by atoms with Crippen LogP contribution >= 0.6 is 0 Å². The van der Waals surface area contributed by atoms with E-state index in [4.69, 9.17) is 16.3 Å². The van der Waals surface area contributed by atoms with Crippen LogP contribution in [0.3, 0.4) is 0 Å². The highest BCUT2D eigenvalue weighted by Crippen LogP contribution is 2.15. The van der Waals surface area contributed by atoms with E-state index in [9.17, 15) is 9.59 Å². The average Bonchev–Trinajstić information content (AvgIpc) is 2.01. The number of carboxylic acids is 1. The zero-order chi connectivity index (χ0) is 11.9. The molecule has 4 heteroatoms. The van der Waals surface area contributed by atoms with Crippen LogP contribution in [0.5, 0.6) is 0 Å². The Labute approximate surface area is 89.6 Å². The molecule has 0 saturated carbocycles. The number of esters is 1. The Kier molecular flexibility index (Phi) is 5.46. The second-order valence-corrected chi connectivity index (χ2v) is 3.86. The lowest BCUT2D eigenvalue weighted by Crippen LogP contribution is -2.27. The third-order valence-corrected chi connectivity index (χ3v) is 1.69. The van der Waals surface area contributed by atoms with Crippen LogP contribution in [0.1, 0.15) is 39.5 Å². The highest BCUT2D eigenvalue weighted by molar-refractivity contribution is 5.71. The molecular weight excluding hydrogens is 196 g/mol. The van der Waals surface area contributed by atoms with Crippen molar-refractivity contribution in [1.29, 1.82) is 0 Å².